The fourth-order valence-corrected chi connectivity index (χ4v) is 2.75. The smallest absolute Gasteiger partial charge is 0.416 e. The zero-order valence-electron chi connectivity index (χ0n) is 12.2. The van der Waals surface area contributed by atoms with Gasteiger partial charge in [-0.15, -0.1) is 11.3 Å². The standard InChI is InChI=1S/C18H11F3O2S/c19-18(20,21)13-4-1-3-12(11-13)16-9-7-14(23-16)6-8-15(22)17-5-2-10-24-17/h1-11H/b8-6+. The Labute approximate surface area is 139 Å². The largest absolute Gasteiger partial charge is 0.457 e. The highest BCUT2D eigenvalue weighted by atomic mass is 32.1. The van der Waals surface area contributed by atoms with Crippen molar-refractivity contribution in [1.29, 1.82) is 0 Å². The summed E-state index contributed by atoms with van der Waals surface area (Å²) in [6.45, 7) is 0. The Balaban J connectivity index is 1.80. The van der Waals surface area contributed by atoms with Gasteiger partial charge in [-0.25, -0.2) is 0 Å². The Hall–Kier alpha value is -2.60. The number of halogens is 3. The lowest BCUT2D eigenvalue weighted by Crippen LogP contribution is -2.04. The molecule has 0 amide bonds. The van der Waals surface area contributed by atoms with Gasteiger partial charge in [-0.2, -0.15) is 13.2 Å². The zero-order valence-corrected chi connectivity index (χ0v) is 13.0. The van der Waals surface area contributed by atoms with Gasteiger partial charge >= 0.3 is 6.18 Å². The van der Waals surface area contributed by atoms with Crippen molar-refractivity contribution in [3.05, 3.63) is 76.2 Å². The van der Waals surface area contributed by atoms with Crippen molar-refractivity contribution in [2.45, 2.75) is 6.18 Å². The van der Waals surface area contributed by atoms with E-state index < -0.39 is 11.7 Å². The van der Waals surface area contributed by atoms with Gasteiger partial charge in [-0.3, -0.25) is 4.79 Å². The molecule has 2 heterocycles. The van der Waals surface area contributed by atoms with Gasteiger partial charge in [0.25, 0.3) is 0 Å². The number of benzene rings is 1. The van der Waals surface area contributed by atoms with E-state index in [1.165, 1.54) is 29.6 Å². The van der Waals surface area contributed by atoms with Gasteiger partial charge in [0, 0.05) is 5.56 Å². The molecule has 0 saturated carbocycles. The van der Waals surface area contributed by atoms with E-state index in [-0.39, 0.29) is 5.78 Å². The molecule has 1 aromatic carbocycles. The number of thiophene rings is 1. The van der Waals surface area contributed by atoms with E-state index in [2.05, 4.69) is 0 Å². The van der Waals surface area contributed by atoms with E-state index >= 15 is 0 Å². The van der Waals surface area contributed by atoms with Gasteiger partial charge in [0.2, 0.25) is 0 Å². The summed E-state index contributed by atoms with van der Waals surface area (Å²) in [7, 11) is 0. The van der Waals surface area contributed by atoms with Gasteiger partial charge in [0.05, 0.1) is 10.4 Å². The molecular weight excluding hydrogens is 337 g/mol. The second-order valence-corrected chi connectivity index (χ2v) is 5.90. The molecule has 0 N–H and O–H groups in total. The molecule has 6 heteroatoms. The minimum atomic E-state index is -4.40. The predicted octanol–water partition coefficient (Wildman–Crippen LogP) is 5.92. The van der Waals surface area contributed by atoms with Crippen LogP contribution in [-0.4, -0.2) is 5.78 Å². The molecular formula is C18H11F3O2S. The highest BCUT2D eigenvalue weighted by Crippen LogP contribution is 2.32. The first kappa shape index (κ1) is 16.3. The number of carbonyl (C=O) groups excluding carboxylic acids is 1. The van der Waals surface area contributed by atoms with Crippen molar-refractivity contribution < 1.29 is 22.4 Å². The predicted molar refractivity (Wildman–Crippen MR) is 86.8 cm³/mol. The van der Waals surface area contributed by atoms with Gasteiger partial charge in [0.15, 0.2) is 5.78 Å². The van der Waals surface area contributed by atoms with Crippen LogP contribution < -0.4 is 0 Å². The molecule has 2 aromatic heterocycles. The summed E-state index contributed by atoms with van der Waals surface area (Å²) in [6, 6.07) is 11.6. The molecule has 122 valence electrons. The van der Waals surface area contributed by atoms with E-state index in [4.69, 9.17) is 4.42 Å². The number of rotatable bonds is 4. The van der Waals surface area contributed by atoms with E-state index in [1.807, 2.05) is 0 Å². The summed E-state index contributed by atoms with van der Waals surface area (Å²) in [6.07, 6.45) is -1.53. The quantitative estimate of drug-likeness (QED) is 0.432. The van der Waals surface area contributed by atoms with E-state index in [0.717, 1.165) is 12.1 Å². The summed E-state index contributed by atoms with van der Waals surface area (Å²) in [5.74, 6) is 0.554. The number of allylic oxidation sites excluding steroid dienone is 1. The first-order chi connectivity index (χ1) is 11.4. The van der Waals surface area contributed by atoms with Gasteiger partial charge in [-0.1, -0.05) is 18.2 Å². The van der Waals surface area contributed by atoms with Crippen LogP contribution in [0, 0.1) is 0 Å². The molecule has 0 bridgehead atoms. The molecule has 0 fully saturated rings. The summed E-state index contributed by atoms with van der Waals surface area (Å²) in [4.78, 5) is 12.5. The van der Waals surface area contributed by atoms with E-state index in [0.29, 0.717) is 22.0 Å². The maximum absolute atomic E-state index is 12.8. The van der Waals surface area contributed by atoms with Crippen molar-refractivity contribution in [2.75, 3.05) is 0 Å². The second kappa shape index (κ2) is 6.49. The minimum Gasteiger partial charge on any atom is -0.457 e. The number of carbonyl (C=O) groups is 1. The van der Waals surface area contributed by atoms with Gasteiger partial charge in [-0.05, 0) is 47.9 Å². The van der Waals surface area contributed by atoms with E-state index in [9.17, 15) is 18.0 Å². The molecule has 0 aliphatic carbocycles. The average Bonchev–Trinajstić information content (AvgIpc) is 3.23. The van der Waals surface area contributed by atoms with Crippen LogP contribution in [0.15, 0.2) is 64.4 Å². The van der Waals surface area contributed by atoms with Gasteiger partial charge < -0.3 is 4.42 Å². The Morgan fingerprint density at radius 3 is 2.62 bits per heavy atom. The molecule has 0 aliphatic heterocycles. The first-order valence-electron chi connectivity index (χ1n) is 6.97. The van der Waals surface area contributed by atoms with Crippen molar-refractivity contribution >= 4 is 23.2 Å². The fraction of sp³-hybridized carbons (Fsp3) is 0.0556. The summed E-state index contributed by atoms with van der Waals surface area (Å²) < 4.78 is 43.8. The van der Waals surface area contributed by atoms with Crippen LogP contribution in [0.4, 0.5) is 13.2 Å². The molecule has 0 spiro atoms. The van der Waals surface area contributed by atoms with Gasteiger partial charge in [0.1, 0.15) is 11.5 Å². The SMILES string of the molecule is O=C(/C=C/c1ccc(-c2cccc(C(F)(F)F)c2)o1)c1cccs1. The van der Waals surface area contributed by atoms with Crippen LogP contribution in [0.25, 0.3) is 17.4 Å². The monoisotopic (exact) mass is 348 g/mol. The molecule has 3 rings (SSSR count). The third-order valence-corrected chi connectivity index (χ3v) is 4.15. The molecule has 3 aromatic rings. The molecule has 0 saturated heterocycles. The number of furan rings is 1. The third kappa shape index (κ3) is 3.65. The fourth-order valence-electron chi connectivity index (χ4n) is 2.11. The third-order valence-electron chi connectivity index (χ3n) is 3.26. The molecule has 2 nitrogen and oxygen atoms in total. The highest BCUT2D eigenvalue weighted by molar-refractivity contribution is 7.12. The number of alkyl halides is 3. The van der Waals surface area contributed by atoms with Crippen LogP contribution in [-0.2, 0) is 6.18 Å². The topological polar surface area (TPSA) is 30.2 Å². The lowest BCUT2D eigenvalue weighted by atomic mass is 10.1. The van der Waals surface area contributed by atoms with Crippen molar-refractivity contribution in [3.8, 4) is 11.3 Å². The molecule has 24 heavy (non-hydrogen) atoms. The zero-order chi connectivity index (χ0) is 17.2. The average molecular weight is 348 g/mol. The van der Waals surface area contributed by atoms with Crippen LogP contribution >= 0.6 is 11.3 Å². The number of ketones is 1. The molecule has 0 aliphatic rings. The second-order valence-electron chi connectivity index (χ2n) is 4.96. The Morgan fingerprint density at radius 1 is 1.08 bits per heavy atom. The first-order valence-corrected chi connectivity index (χ1v) is 7.85. The summed E-state index contributed by atoms with van der Waals surface area (Å²) in [5, 5.41) is 1.81. The van der Waals surface area contributed by atoms with Crippen molar-refractivity contribution in [1.82, 2.24) is 0 Å². The number of hydrogen-bond donors (Lipinski definition) is 0. The minimum absolute atomic E-state index is 0.151. The van der Waals surface area contributed by atoms with Crippen LogP contribution in [0.1, 0.15) is 21.0 Å². The van der Waals surface area contributed by atoms with Crippen LogP contribution in [0.2, 0.25) is 0 Å². The lowest BCUT2D eigenvalue weighted by molar-refractivity contribution is -0.137. The Morgan fingerprint density at radius 2 is 1.92 bits per heavy atom. The summed E-state index contributed by atoms with van der Waals surface area (Å²) in [5.41, 5.74) is -0.407. The molecule has 0 atom stereocenters. The van der Waals surface area contributed by atoms with E-state index in [1.54, 1.807) is 35.7 Å². The lowest BCUT2D eigenvalue weighted by Gasteiger charge is -2.07. The Kier molecular flexibility index (Phi) is 4.40. The van der Waals surface area contributed by atoms with Crippen LogP contribution in [0.3, 0.4) is 0 Å². The number of hydrogen-bond acceptors (Lipinski definition) is 3. The highest BCUT2D eigenvalue weighted by Gasteiger charge is 2.30. The van der Waals surface area contributed by atoms with Crippen molar-refractivity contribution in [2.24, 2.45) is 0 Å². The summed E-state index contributed by atoms with van der Waals surface area (Å²) >= 11 is 1.33. The normalized spacial score (nSPS) is 12.0. The molecule has 0 unspecified atom stereocenters. The maximum Gasteiger partial charge on any atom is 0.416 e. The molecule has 0 radical (unpaired) electrons. The van der Waals surface area contributed by atoms with Crippen molar-refractivity contribution in [3.63, 3.8) is 0 Å². The van der Waals surface area contributed by atoms with Crippen LogP contribution in [0.5, 0.6) is 0 Å². The maximum atomic E-state index is 12.8. The Bertz CT molecular complexity index is 874.